The minimum atomic E-state index is -0.523. The Balaban J connectivity index is 1.82. The predicted molar refractivity (Wildman–Crippen MR) is 97.6 cm³/mol. The molecule has 4 unspecified atom stereocenters. The third-order valence-electron chi connectivity index (χ3n) is 5.93. The van der Waals surface area contributed by atoms with Gasteiger partial charge in [0.15, 0.2) is 0 Å². The molecule has 26 heavy (non-hydrogen) atoms. The summed E-state index contributed by atoms with van der Waals surface area (Å²) >= 11 is 0. The van der Waals surface area contributed by atoms with Crippen molar-refractivity contribution >= 4 is 23.3 Å². The second-order valence-electron chi connectivity index (χ2n) is 8.58. The summed E-state index contributed by atoms with van der Waals surface area (Å²) in [7, 11) is 1.56. The third kappa shape index (κ3) is 2.26. The third-order valence-corrected chi connectivity index (χ3v) is 5.93. The molecule has 5 rings (SSSR count). The van der Waals surface area contributed by atoms with Crippen molar-refractivity contribution in [3.63, 3.8) is 0 Å². The summed E-state index contributed by atoms with van der Waals surface area (Å²) in [5, 5.41) is 0. The van der Waals surface area contributed by atoms with Gasteiger partial charge in [0.2, 0.25) is 17.7 Å². The van der Waals surface area contributed by atoms with Crippen molar-refractivity contribution in [2.24, 2.45) is 23.2 Å². The van der Waals surface area contributed by atoms with E-state index in [1.807, 2.05) is 56.0 Å². The van der Waals surface area contributed by atoms with Crippen molar-refractivity contribution in [3.8, 4) is 0 Å². The number of benzene rings is 1. The van der Waals surface area contributed by atoms with Gasteiger partial charge in [-0.25, -0.2) is 0 Å². The van der Waals surface area contributed by atoms with Gasteiger partial charge in [0.1, 0.15) is 0 Å². The first-order chi connectivity index (χ1) is 12.2. The Morgan fingerprint density at radius 1 is 1.04 bits per heavy atom. The Labute approximate surface area is 153 Å². The lowest BCUT2D eigenvalue weighted by Gasteiger charge is -2.50. The maximum Gasteiger partial charge on any atom is 0.235 e. The number of amides is 3. The fourth-order valence-electron chi connectivity index (χ4n) is 4.67. The van der Waals surface area contributed by atoms with Crippen molar-refractivity contribution in [3.05, 3.63) is 42.0 Å². The standard InChI is InChI=1S/C21H24N2O3/c1-21(2,3)20(26)23-11-14-13(12-8-6-5-7-9-12)10-15(23)17-16(14)18(24)22(4)19(17)25/h5-10,14-17H,11H2,1-4H3. The van der Waals surface area contributed by atoms with Crippen molar-refractivity contribution in [2.45, 2.75) is 26.8 Å². The normalized spacial score (nSPS) is 30.5. The lowest BCUT2D eigenvalue weighted by molar-refractivity contribution is -0.149. The van der Waals surface area contributed by atoms with Crippen molar-refractivity contribution in [1.29, 1.82) is 0 Å². The van der Waals surface area contributed by atoms with Crippen LogP contribution in [0.4, 0.5) is 0 Å². The van der Waals surface area contributed by atoms with Crippen LogP contribution in [0.5, 0.6) is 0 Å². The molecule has 3 heterocycles. The van der Waals surface area contributed by atoms with E-state index in [-0.39, 0.29) is 35.6 Å². The van der Waals surface area contributed by atoms with E-state index in [0.29, 0.717) is 6.54 Å². The van der Waals surface area contributed by atoms with Gasteiger partial charge in [-0.2, -0.15) is 0 Å². The van der Waals surface area contributed by atoms with E-state index >= 15 is 0 Å². The lowest BCUT2D eigenvalue weighted by atomic mass is 9.64. The minimum Gasteiger partial charge on any atom is -0.334 e. The number of hydrogen-bond acceptors (Lipinski definition) is 3. The SMILES string of the molecule is CN1C(=O)C2C3CN(C(=O)C(C)(C)C)C(C=C3c3ccccc3)C2C1=O. The minimum absolute atomic E-state index is 0.0316. The van der Waals surface area contributed by atoms with Gasteiger partial charge >= 0.3 is 0 Å². The van der Waals surface area contributed by atoms with Crippen molar-refractivity contribution in [1.82, 2.24) is 9.80 Å². The Morgan fingerprint density at radius 2 is 1.65 bits per heavy atom. The molecule has 2 saturated heterocycles. The summed E-state index contributed by atoms with van der Waals surface area (Å²) in [6.45, 7) is 6.18. The number of fused-ring (bicyclic) bond motifs is 1. The van der Waals surface area contributed by atoms with Gasteiger partial charge in [0, 0.05) is 24.9 Å². The van der Waals surface area contributed by atoms with Gasteiger partial charge in [0.05, 0.1) is 17.9 Å². The van der Waals surface area contributed by atoms with Gasteiger partial charge < -0.3 is 4.90 Å². The van der Waals surface area contributed by atoms with Crippen LogP contribution in [0, 0.1) is 23.2 Å². The van der Waals surface area contributed by atoms with Crippen LogP contribution >= 0.6 is 0 Å². The monoisotopic (exact) mass is 352 g/mol. The Morgan fingerprint density at radius 3 is 2.27 bits per heavy atom. The largest absolute Gasteiger partial charge is 0.334 e. The average molecular weight is 352 g/mol. The summed E-state index contributed by atoms with van der Waals surface area (Å²) in [6.07, 6.45) is 2.05. The zero-order chi connectivity index (χ0) is 18.8. The Kier molecular flexibility index (Phi) is 3.62. The first kappa shape index (κ1) is 17.0. The van der Waals surface area contributed by atoms with E-state index in [4.69, 9.17) is 0 Å². The summed E-state index contributed by atoms with van der Waals surface area (Å²) in [5.74, 6) is -1.19. The van der Waals surface area contributed by atoms with Gasteiger partial charge in [-0.15, -0.1) is 0 Å². The predicted octanol–water partition coefficient (Wildman–Crippen LogP) is 2.19. The highest BCUT2D eigenvalue weighted by Crippen LogP contribution is 2.51. The molecule has 0 saturated carbocycles. The quantitative estimate of drug-likeness (QED) is 0.728. The first-order valence-electron chi connectivity index (χ1n) is 9.11. The molecule has 5 nitrogen and oxygen atoms in total. The molecule has 4 aliphatic rings. The van der Waals surface area contributed by atoms with E-state index in [0.717, 1.165) is 11.1 Å². The highest BCUT2D eigenvalue weighted by molar-refractivity contribution is 6.07. The maximum absolute atomic E-state index is 13.0. The first-order valence-corrected chi connectivity index (χ1v) is 9.11. The molecule has 3 aliphatic heterocycles. The Bertz CT molecular complexity index is 821. The van der Waals surface area contributed by atoms with E-state index in [2.05, 4.69) is 6.08 Å². The van der Waals surface area contributed by atoms with Gasteiger partial charge in [0.25, 0.3) is 0 Å². The molecule has 5 heteroatoms. The number of rotatable bonds is 1. The molecular formula is C21H24N2O3. The van der Waals surface area contributed by atoms with Crippen LogP contribution < -0.4 is 0 Å². The van der Waals surface area contributed by atoms with E-state index in [9.17, 15) is 14.4 Å². The summed E-state index contributed by atoms with van der Waals surface area (Å²) in [5.41, 5.74) is 1.63. The fourth-order valence-corrected chi connectivity index (χ4v) is 4.67. The molecule has 3 amide bonds. The van der Waals surface area contributed by atoms with Crippen LogP contribution in [0.1, 0.15) is 26.3 Å². The molecule has 0 radical (unpaired) electrons. The number of likely N-dealkylation sites (tertiary alicyclic amines) is 1. The van der Waals surface area contributed by atoms with E-state index in [1.54, 1.807) is 7.05 Å². The zero-order valence-electron chi connectivity index (χ0n) is 15.6. The zero-order valence-corrected chi connectivity index (χ0v) is 15.6. The maximum atomic E-state index is 13.0. The molecule has 4 atom stereocenters. The van der Waals surface area contributed by atoms with E-state index < -0.39 is 11.3 Å². The molecule has 1 aliphatic carbocycles. The van der Waals surface area contributed by atoms with Crippen molar-refractivity contribution < 1.29 is 14.4 Å². The van der Waals surface area contributed by atoms with E-state index in [1.165, 1.54) is 4.90 Å². The van der Waals surface area contributed by atoms with Crippen molar-refractivity contribution in [2.75, 3.05) is 13.6 Å². The summed E-state index contributed by atoms with van der Waals surface area (Å²) < 4.78 is 0. The molecular weight excluding hydrogens is 328 g/mol. The smallest absolute Gasteiger partial charge is 0.235 e. The number of carbonyl (C=O) groups is 3. The van der Waals surface area contributed by atoms with Gasteiger partial charge in [-0.3, -0.25) is 19.3 Å². The van der Waals surface area contributed by atoms with Crippen LogP contribution in [-0.2, 0) is 14.4 Å². The number of piperidine rings is 1. The van der Waals surface area contributed by atoms with Gasteiger partial charge in [-0.05, 0) is 11.1 Å². The molecule has 2 bridgehead atoms. The second kappa shape index (κ2) is 5.53. The number of carbonyl (C=O) groups excluding carboxylic acids is 3. The fraction of sp³-hybridized carbons (Fsp3) is 0.476. The number of nitrogens with zero attached hydrogens (tertiary/aromatic N) is 2. The van der Waals surface area contributed by atoms with Gasteiger partial charge in [-0.1, -0.05) is 57.2 Å². The Hall–Kier alpha value is -2.43. The number of imide groups is 1. The average Bonchev–Trinajstić information content (AvgIpc) is 2.87. The molecule has 0 aromatic heterocycles. The van der Waals surface area contributed by atoms with Crippen LogP contribution in [0.2, 0.25) is 0 Å². The highest BCUT2D eigenvalue weighted by atomic mass is 16.2. The van der Waals surface area contributed by atoms with Crippen LogP contribution in [0.15, 0.2) is 36.4 Å². The van der Waals surface area contributed by atoms with Crippen LogP contribution in [-0.4, -0.2) is 47.2 Å². The van der Waals surface area contributed by atoms with Crippen LogP contribution in [0.25, 0.3) is 5.57 Å². The molecule has 2 fully saturated rings. The topological polar surface area (TPSA) is 57.7 Å². The highest BCUT2D eigenvalue weighted by Gasteiger charge is 2.61. The molecule has 0 spiro atoms. The molecule has 136 valence electrons. The molecule has 1 aromatic carbocycles. The molecule has 0 N–H and O–H groups in total. The number of hydrogen-bond donors (Lipinski definition) is 0. The molecule has 1 aromatic rings. The summed E-state index contributed by atoms with van der Waals surface area (Å²) in [4.78, 5) is 41.6. The van der Waals surface area contributed by atoms with Crippen LogP contribution in [0.3, 0.4) is 0 Å². The summed E-state index contributed by atoms with van der Waals surface area (Å²) in [6, 6.07) is 9.61. The lowest BCUT2D eigenvalue weighted by Crippen LogP contribution is -2.60. The second-order valence-corrected chi connectivity index (χ2v) is 8.58.